The minimum atomic E-state index is -3.35. The molecule has 1 atom stereocenters. The molecule has 0 saturated carbocycles. The van der Waals surface area contributed by atoms with E-state index < -0.39 is 10.0 Å². The zero-order valence-corrected chi connectivity index (χ0v) is 15.1. The summed E-state index contributed by atoms with van der Waals surface area (Å²) in [5, 5.41) is 2.41. The zero-order chi connectivity index (χ0) is 17.2. The first kappa shape index (κ1) is 17.2. The number of rotatable bonds is 6. The van der Waals surface area contributed by atoms with Crippen LogP contribution in [-0.4, -0.2) is 44.5 Å². The van der Waals surface area contributed by atoms with Gasteiger partial charge in [-0.05, 0) is 62.2 Å². The van der Waals surface area contributed by atoms with Gasteiger partial charge in [0.1, 0.15) is 0 Å². The first-order chi connectivity index (χ1) is 11.5. The first-order valence-electron chi connectivity index (χ1n) is 8.46. The Morgan fingerprint density at radius 2 is 2.25 bits per heavy atom. The van der Waals surface area contributed by atoms with Crippen molar-refractivity contribution in [2.45, 2.75) is 32.2 Å². The average molecular weight is 347 g/mol. The van der Waals surface area contributed by atoms with Crippen LogP contribution in [0.3, 0.4) is 0 Å². The highest BCUT2D eigenvalue weighted by atomic mass is 32.2. The van der Waals surface area contributed by atoms with E-state index >= 15 is 0 Å². The van der Waals surface area contributed by atoms with Crippen LogP contribution in [0.5, 0.6) is 0 Å². The van der Waals surface area contributed by atoms with Gasteiger partial charge >= 0.3 is 0 Å². The van der Waals surface area contributed by atoms with Crippen LogP contribution in [0.25, 0.3) is 17.0 Å². The molecule has 2 heterocycles. The molecule has 0 spiro atoms. The number of likely N-dealkylation sites (tertiary alicyclic amines) is 1. The van der Waals surface area contributed by atoms with Crippen molar-refractivity contribution < 1.29 is 8.42 Å². The maximum atomic E-state index is 11.7. The Balaban J connectivity index is 1.84. The molecule has 1 aromatic heterocycles. The summed E-state index contributed by atoms with van der Waals surface area (Å²) in [4.78, 5) is 5.75. The molecule has 2 N–H and O–H groups in total. The second kappa shape index (κ2) is 7.09. The van der Waals surface area contributed by atoms with Crippen molar-refractivity contribution in [2.75, 3.05) is 20.1 Å². The van der Waals surface area contributed by atoms with E-state index in [4.69, 9.17) is 0 Å². The number of H-pyrrole nitrogens is 1. The van der Waals surface area contributed by atoms with Gasteiger partial charge in [0.15, 0.2) is 0 Å². The molecule has 0 unspecified atom stereocenters. The molecule has 24 heavy (non-hydrogen) atoms. The zero-order valence-electron chi connectivity index (χ0n) is 14.2. The van der Waals surface area contributed by atoms with E-state index in [1.165, 1.54) is 35.7 Å². The van der Waals surface area contributed by atoms with Gasteiger partial charge in [0, 0.05) is 35.1 Å². The summed E-state index contributed by atoms with van der Waals surface area (Å²) in [7, 11) is -1.16. The van der Waals surface area contributed by atoms with Gasteiger partial charge < -0.3 is 9.88 Å². The number of nitrogens with zero attached hydrogens (tertiary/aromatic N) is 1. The maximum Gasteiger partial charge on any atom is 0.233 e. The van der Waals surface area contributed by atoms with Crippen LogP contribution < -0.4 is 4.72 Å². The summed E-state index contributed by atoms with van der Waals surface area (Å²) in [5.74, 6) is 0. The molecule has 0 bridgehead atoms. The van der Waals surface area contributed by atoms with Crippen LogP contribution in [0.4, 0.5) is 0 Å². The first-order valence-corrected chi connectivity index (χ1v) is 10.0. The third kappa shape index (κ3) is 3.88. The fourth-order valence-corrected chi connectivity index (χ4v) is 4.21. The van der Waals surface area contributed by atoms with Crippen LogP contribution in [0, 0.1) is 0 Å². The minimum absolute atomic E-state index is 0.391. The van der Waals surface area contributed by atoms with Crippen molar-refractivity contribution in [1.29, 1.82) is 0 Å². The Labute approximate surface area is 143 Å². The molecule has 3 rings (SSSR count). The molecule has 1 aliphatic rings. The lowest BCUT2D eigenvalue weighted by molar-refractivity contribution is 0.310. The highest BCUT2D eigenvalue weighted by molar-refractivity contribution is 7.92. The predicted molar refractivity (Wildman–Crippen MR) is 99.3 cm³/mol. The summed E-state index contributed by atoms with van der Waals surface area (Å²) in [6, 6.07) is 6.60. The predicted octanol–water partition coefficient (Wildman–Crippen LogP) is 2.71. The molecular weight excluding hydrogens is 322 g/mol. The molecule has 1 saturated heterocycles. The topological polar surface area (TPSA) is 65.2 Å². The molecule has 5 nitrogen and oxygen atoms in total. The van der Waals surface area contributed by atoms with Crippen LogP contribution >= 0.6 is 0 Å². The number of sulfonamides is 1. The Hall–Kier alpha value is -1.63. The number of aromatic nitrogens is 1. The number of hydrogen-bond acceptors (Lipinski definition) is 3. The van der Waals surface area contributed by atoms with Crippen molar-refractivity contribution in [2.24, 2.45) is 0 Å². The van der Waals surface area contributed by atoms with Crippen LogP contribution in [0.2, 0.25) is 0 Å². The van der Waals surface area contributed by atoms with Gasteiger partial charge in [0.05, 0.1) is 0 Å². The second-order valence-electron chi connectivity index (χ2n) is 6.45. The van der Waals surface area contributed by atoms with E-state index in [0.717, 1.165) is 17.5 Å². The lowest BCUT2D eigenvalue weighted by Gasteiger charge is -2.18. The Morgan fingerprint density at radius 3 is 2.96 bits per heavy atom. The maximum absolute atomic E-state index is 11.7. The number of fused-ring (bicyclic) bond motifs is 1. The smallest absolute Gasteiger partial charge is 0.233 e. The summed E-state index contributed by atoms with van der Waals surface area (Å²) in [6.07, 6.45) is 7.26. The van der Waals surface area contributed by atoms with Gasteiger partial charge in [0.2, 0.25) is 10.0 Å². The van der Waals surface area contributed by atoms with Crippen molar-refractivity contribution in [3.8, 4) is 0 Å². The van der Waals surface area contributed by atoms with Gasteiger partial charge in [-0.15, -0.1) is 0 Å². The van der Waals surface area contributed by atoms with Crippen molar-refractivity contribution >= 4 is 27.0 Å². The summed E-state index contributed by atoms with van der Waals surface area (Å²) in [5.41, 5.74) is 3.29. The third-order valence-corrected chi connectivity index (χ3v) is 5.89. The fourth-order valence-electron chi connectivity index (χ4n) is 3.38. The quantitative estimate of drug-likeness (QED) is 0.844. The van der Waals surface area contributed by atoms with E-state index in [0.29, 0.717) is 12.6 Å². The number of benzene rings is 1. The molecule has 1 fully saturated rings. The second-order valence-corrected chi connectivity index (χ2v) is 8.10. The molecular formula is C18H25N3O2S. The van der Waals surface area contributed by atoms with Gasteiger partial charge in [-0.3, -0.25) is 0 Å². The van der Waals surface area contributed by atoms with Gasteiger partial charge in [-0.2, -0.15) is 0 Å². The Morgan fingerprint density at radius 1 is 1.42 bits per heavy atom. The fraction of sp³-hybridized carbons (Fsp3) is 0.444. The third-order valence-electron chi connectivity index (χ3n) is 4.70. The number of nitrogens with one attached hydrogen (secondary N) is 2. The molecule has 0 aliphatic carbocycles. The highest BCUT2D eigenvalue weighted by Crippen LogP contribution is 2.26. The lowest BCUT2D eigenvalue weighted by atomic mass is 10.0. The SMILES string of the molecule is CCNS(=O)(=O)C=Cc1ccc2[nH]cc(C[C@H]3CCCN3C)c2c1. The molecule has 6 heteroatoms. The van der Waals surface area contributed by atoms with Crippen molar-refractivity contribution in [3.05, 3.63) is 40.9 Å². The summed E-state index contributed by atoms with van der Waals surface area (Å²) < 4.78 is 25.9. The summed E-state index contributed by atoms with van der Waals surface area (Å²) >= 11 is 0. The van der Waals surface area contributed by atoms with E-state index in [1.807, 2.05) is 12.1 Å². The van der Waals surface area contributed by atoms with Crippen molar-refractivity contribution in [3.63, 3.8) is 0 Å². The van der Waals surface area contributed by atoms with E-state index in [1.54, 1.807) is 13.0 Å². The number of hydrogen-bond donors (Lipinski definition) is 2. The van der Waals surface area contributed by atoms with Gasteiger partial charge in [0.25, 0.3) is 0 Å². The van der Waals surface area contributed by atoms with E-state index in [2.05, 4.69) is 33.9 Å². The van der Waals surface area contributed by atoms with E-state index in [9.17, 15) is 8.42 Å². The van der Waals surface area contributed by atoms with E-state index in [-0.39, 0.29) is 0 Å². The van der Waals surface area contributed by atoms with Gasteiger partial charge in [-0.25, -0.2) is 13.1 Å². The number of likely N-dealkylation sites (N-methyl/N-ethyl adjacent to an activating group) is 1. The molecule has 1 aromatic carbocycles. The highest BCUT2D eigenvalue weighted by Gasteiger charge is 2.22. The van der Waals surface area contributed by atoms with Crippen LogP contribution in [0.15, 0.2) is 29.8 Å². The Kier molecular flexibility index (Phi) is 5.08. The molecule has 2 aromatic rings. The van der Waals surface area contributed by atoms with Gasteiger partial charge in [-0.1, -0.05) is 13.0 Å². The van der Waals surface area contributed by atoms with Crippen molar-refractivity contribution in [1.82, 2.24) is 14.6 Å². The molecule has 130 valence electrons. The molecule has 1 aliphatic heterocycles. The van der Waals surface area contributed by atoms with Crippen LogP contribution in [-0.2, 0) is 16.4 Å². The Bertz CT molecular complexity index is 839. The summed E-state index contributed by atoms with van der Waals surface area (Å²) in [6.45, 7) is 3.33. The normalized spacial score (nSPS) is 19.7. The average Bonchev–Trinajstić information content (AvgIpc) is 3.13. The molecule has 0 radical (unpaired) electrons. The largest absolute Gasteiger partial charge is 0.361 e. The number of aromatic amines is 1. The standard InChI is InChI=1S/C18H25N3O2S/c1-3-20-24(22,23)10-8-14-6-7-18-17(11-14)15(13-19-18)12-16-5-4-9-21(16)2/h6-8,10-11,13,16,19-20H,3-5,9,12H2,1-2H3/t16-/m1/s1. The molecule has 0 amide bonds. The van der Waals surface area contributed by atoms with Crippen LogP contribution in [0.1, 0.15) is 30.9 Å². The monoisotopic (exact) mass is 347 g/mol. The minimum Gasteiger partial charge on any atom is -0.361 e. The lowest BCUT2D eigenvalue weighted by Crippen LogP contribution is -2.26.